The van der Waals surface area contributed by atoms with Gasteiger partial charge in [0.05, 0.1) is 24.0 Å². The predicted molar refractivity (Wildman–Crippen MR) is 65.8 cm³/mol. The second kappa shape index (κ2) is 5.01. The van der Waals surface area contributed by atoms with Crippen LogP contribution in [0.4, 0.5) is 5.69 Å². The Morgan fingerprint density at radius 2 is 2.33 bits per heavy atom. The van der Waals surface area contributed by atoms with Crippen LogP contribution in [0.3, 0.4) is 0 Å². The van der Waals surface area contributed by atoms with Gasteiger partial charge in [0, 0.05) is 7.05 Å². The van der Waals surface area contributed by atoms with E-state index in [9.17, 15) is 4.79 Å². The molecule has 18 heavy (non-hydrogen) atoms. The molecule has 0 fully saturated rings. The number of nitrogens with two attached hydrogens (primary N) is 1. The summed E-state index contributed by atoms with van der Waals surface area (Å²) < 4.78 is 1.55. The van der Waals surface area contributed by atoms with Crippen molar-refractivity contribution in [3.63, 3.8) is 0 Å². The lowest BCUT2D eigenvalue weighted by molar-refractivity contribution is 0.0949. The lowest BCUT2D eigenvalue weighted by atomic mass is 10.2. The van der Waals surface area contributed by atoms with E-state index < -0.39 is 0 Å². The first-order valence-corrected chi connectivity index (χ1v) is 5.48. The van der Waals surface area contributed by atoms with Crippen LogP contribution < -0.4 is 11.1 Å². The molecular weight excluding hydrogens is 256 g/mol. The van der Waals surface area contributed by atoms with Gasteiger partial charge < -0.3 is 11.1 Å². The summed E-state index contributed by atoms with van der Waals surface area (Å²) in [5.74, 6) is 0.145. The first-order chi connectivity index (χ1) is 8.56. The highest BCUT2D eigenvalue weighted by atomic mass is 35.5. The highest BCUT2D eigenvalue weighted by Crippen LogP contribution is 2.15. The maximum atomic E-state index is 11.8. The average molecular weight is 267 g/mol. The highest BCUT2D eigenvalue weighted by molar-refractivity contribution is 6.32. The highest BCUT2D eigenvalue weighted by Gasteiger charge is 2.12. The zero-order chi connectivity index (χ0) is 13.1. The van der Waals surface area contributed by atoms with E-state index >= 15 is 0 Å². The number of pyridine rings is 1. The van der Waals surface area contributed by atoms with E-state index in [0.717, 1.165) is 0 Å². The van der Waals surface area contributed by atoms with Gasteiger partial charge in [0.25, 0.3) is 5.91 Å². The van der Waals surface area contributed by atoms with Crippen LogP contribution in [0, 0.1) is 0 Å². The van der Waals surface area contributed by atoms with Crippen LogP contribution in [0.25, 0.3) is 0 Å². The molecule has 0 bridgehead atoms. The summed E-state index contributed by atoms with van der Waals surface area (Å²) in [6.07, 6.45) is 2.94. The maximum absolute atomic E-state index is 11.8. The van der Waals surface area contributed by atoms with Gasteiger partial charge in [-0.3, -0.25) is 9.48 Å². The van der Waals surface area contributed by atoms with Crippen molar-refractivity contribution in [2.45, 2.75) is 6.54 Å². The number of hydrogen-bond acceptors (Lipinski definition) is 5. The quantitative estimate of drug-likeness (QED) is 0.783. The van der Waals surface area contributed by atoms with Crippen molar-refractivity contribution in [3.05, 3.63) is 35.1 Å². The molecule has 1 amide bonds. The van der Waals surface area contributed by atoms with Crippen molar-refractivity contribution in [2.75, 3.05) is 5.73 Å². The Labute approximate surface area is 108 Å². The third-order valence-corrected chi connectivity index (χ3v) is 2.46. The summed E-state index contributed by atoms with van der Waals surface area (Å²) in [6, 6.07) is 1.47. The molecule has 2 aromatic heterocycles. The second-order valence-corrected chi connectivity index (χ2v) is 3.98. The lowest BCUT2D eigenvalue weighted by Gasteiger charge is -2.05. The number of nitrogens with one attached hydrogen (secondary N) is 1. The molecule has 94 valence electrons. The Morgan fingerprint density at radius 1 is 1.56 bits per heavy atom. The van der Waals surface area contributed by atoms with Gasteiger partial charge in [-0.2, -0.15) is 5.10 Å². The molecule has 7 nitrogen and oxygen atoms in total. The van der Waals surface area contributed by atoms with Gasteiger partial charge in [0.2, 0.25) is 0 Å². The number of carbonyl (C=O) groups is 1. The summed E-state index contributed by atoms with van der Waals surface area (Å²) in [5.41, 5.74) is 6.15. The van der Waals surface area contributed by atoms with Gasteiger partial charge in [-0.05, 0) is 6.07 Å². The third kappa shape index (κ3) is 2.75. The van der Waals surface area contributed by atoms with E-state index in [-0.39, 0.29) is 23.2 Å². The Bertz CT molecular complexity index is 581. The average Bonchev–Trinajstić information content (AvgIpc) is 2.75. The zero-order valence-electron chi connectivity index (χ0n) is 9.59. The molecule has 0 aliphatic rings. The van der Waals surface area contributed by atoms with Crippen molar-refractivity contribution in [1.29, 1.82) is 0 Å². The summed E-state index contributed by atoms with van der Waals surface area (Å²) >= 11 is 5.81. The number of aryl methyl sites for hydroxylation is 1. The molecule has 2 rings (SSSR count). The summed E-state index contributed by atoms with van der Waals surface area (Å²) in [4.78, 5) is 19.6. The van der Waals surface area contributed by atoms with Crippen LogP contribution in [-0.4, -0.2) is 25.7 Å². The molecule has 8 heteroatoms. The molecular formula is C10H11ClN6O. The van der Waals surface area contributed by atoms with Crippen LogP contribution in [0.1, 0.15) is 16.2 Å². The van der Waals surface area contributed by atoms with Crippen molar-refractivity contribution < 1.29 is 4.79 Å². The monoisotopic (exact) mass is 266 g/mol. The van der Waals surface area contributed by atoms with E-state index in [1.54, 1.807) is 18.1 Å². The fourth-order valence-electron chi connectivity index (χ4n) is 1.34. The first kappa shape index (κ1) is 12.3. The largest absolute Gasteiger partial charge is 0.397 e. The van der Waals surface area contributed by atoms with E-state index in [0.29, 0.717) is 11.5 Å². The molecule has 2 aromatic rings. The fourth-order valence-corrected chi connectivity index (χ4v) is 1.53. The van der Waals surface area contributed by atoms with Gasteiger partial charge in [0.1, 0.15) is 11.5 Å². The molecule has 0 spiro atoms. The lowest BCUT2D eigenvalue weighted by Crippen LogP contribution is -2.24. The number of amides is 1. The Balaban J connectivity index is 2.05. The van der Waals surface area contributed by atoms with Crippen LogP contribution >= 0.6 is 11.6 Å². The Hall–Kier alpha value is -2.15. The van der Waals surface area contributed by atoms with E-state index in [4.69, 9.17) is 17.3 Å². The molecule has 2 heterocycles. The van der Waals surface area contributed by atoms with E-state index in [1.807, 2.05) is 0 Å². The predicted octanol–water partition coefficient (Wildman–Crippen LogP) is 0.376. The third-order valence-electron chi connectivity index (χ3n) is 2.16. The number of halogens is 1. The van der Waals surface area contributed by atoms with Gasteiger partial charge in [0.15, 0.2) is 5.82 Å². The maximum Gasteiger partial charge on any atom is 0.254 e. The molecule has 0 saturated carbocycles. The summed E-state index contributed by atoms with van der Waals surface area (Å²) in [7, 11) is 1.75. The number of nitrogens with zero attached hydrogens (tertiary/aromatic N) is 4. The molecule has 0 unspecified atom stereocenters. The minimum Gasteiger partial charge on any atom is -0.397 e. The van der Waals surface area contributed by atoms with E-state index in [1.165, 1.54) is 12.3 Å². The number of anilines is 1. The molecule has 0 radical (unpaired) electrons. The van der Waals surface area contributed by atoms with E-state index in [2.05, 4.69) is 20.4 Å². The Morgan fingerprint density at radius 3 is 3.00 bits per heavy atom. The molecule has 0 aliphatic carbocycles. The number of hydrogen-bond donors (Lipinski definition) is 2. The van der Waals surface area contributed by atoms with Gasteiger partial charge in [-0.25, -0.2) is 9.97 Å². The number of nitrogen functional groups attached to an aromatic ring is 1. The van der Waals surface area contributed by atoms with Crippen molar-refractivity contribution in [2.24, 2.45) is 7.05 Å². The van der Waals surface area contributed by atoms with Crippen LogP contribution in [0.15, 0.2) is 18.6 Å². The van der Waals surface area contributed by atoms with Crippen LogP contribution in [0.5, 0.6) is 0 Å². The smallest absolute Gasteiger partial charge is 0.254 e. The number of aromatic nitrogens is 4. The van der Waals surface area contributed by atoms with Crippen molar-refractivity contribution in [3.8, 4) is 0 Å². The molecule has 0 aromatic carbocycles. The topological polar surface area (TPSA) is 98.7 Å². The number of rotatable bonds is 3. The molecule has 3 N–H and O–H groups in total. The zero-order valence-corrected chi connectivity index (χ0v) is 10.3. The SMILES string of the molecule is Cn1cnc(CNC(=O)c2cc(N)cnc2Cl)n1. The van der Waals surface area contributed by atoms with Crippen molar-refractivity contribution in [1.82, 2.24) is 25.1 Å². The minimum atomic E-state index is -0.368. The summed E-state index contributed by atoms with van der Waals surface area (Å²) in [6.45, 7) is 0.213. The standard InChI is InChI=1S/C10H11ClN6O/c1-17-5-15-8(16-17)4-14-10(18)7-2-6(12)3-13-9(7)11/h2-3,5H,4,12H2,1H3,(H,14,18). The molecule has 0 aliphatic heterocycles. The fraction of sp³-hybridized carbons (Fsp3) is 0.200. The number of carbonyl (C=O) groups excluding carboxylic acids is 1. The van der Waals surface area contributed by atoms with Crippen LogP contribution in [0.2, 0.25) is 5.15 Å². The minimum absolute atomic E-state index is 0.107. The first-order valence-electron chi connectivity index (χ1n) is 5.10. The van der Waals surface area contributed by atoms with Gasteiger partial charge >= 0.3 is 0 Å². The van der Waals surface area contributed by atoms with Gasteiger partial charge in [-0.1, -0.05) is 11.6 Å². The molecule has 0 saturated heterocycles. The normalized spacial score (nSPS) is 10.3. The van der Waals surface area contributed by atoms with Crippen LogP contribution in [-0.2, 0) is 13.6 Å². The molecule has 0 atom stereocenters. The van der Waals surface area contributed by atoms with Gasteiger partial charge in [-0.15, -0.1) is 0 Å². The Kier molecular flexibility index (Phi) is 3.42. The second-order valence-electron chi connectivity index (χ2n) is 3.62. The summed E-state index contributed by atoms with van der Waals surface area (Å²) in [5, 5.41) is 6.78. The van der Waals surface area contributed by atoms with Crippen molar-refractivity contribution >= 4 is 23.2 Å².